The Morgan fingerprint density at radius 3 is 1.89 bits per heavy atom. The topological polar surface area (TPSA) is 450 Å². The van der Waals surface area contributed by atoms with Crippen LogP contribution in [0, 0.1) is 0 Å². The van der Waals surface area contributed by atoms with Gasteiger partial charge in [-0.25, -0.2) is 0 Å². The lowest BCUT2D eigenvalue weighted by Crippen LogP contribution is -2.59. The number of aliphatic hydroxyl groups is 2. The van der Waals surface area contributed by atoms with Crippen LogP contribution in [0.3, 0.4) is 0 Å². The van der Waals surface area contributed by atoms with Gasteiger partial charge in [0.25, 0.3) is 0 Å². The molecule has 28 nitrogen and oxygen atoms in total. The molecule has 2 aliphatic rings. The maximum Gasteiger partial charge on any atom is 0.322 e. The minimum Gasteiger partial charge on any atom is -0.481 e. The van der Waals surface area contributed by atoms with Crippen LogP contribution in [0.4, 0.5) is 0 Å². The van der Waals surface area contributed by atoms with E-state index in [0.29, 0.717) is 12.8 Å². The van der Waals surface area contributed by atoms with Crippen LogP contribution in [-0.2, 0) is 52.7 Å². The quantitative estimate of drug-likeness (QED) is 0.0230. The van der Waals surface area contributed by atoms with E-state index in [0.717, 1.165) is 6.92 Å². The van der Waals surface area contributed by atoms with Crippen molar-refractivity contribution in [3.8, 4) is 0 Å². The number of guanidine groups is 1. The molecule has 0 spiro atoms. The summed E-state index contributed by atoms with van der Waals surface area (Å²) in [7, 11) is 0. The highest BCUT2D eigenvalue weighted by atomic mass is 16.4. The lowest BCUT2D eigenvalue weighted by Gasteiger charge is -2.31. The number of nitrogens with zero attached hydrogens (tertiary/aromatic N) is 3. The zero-order chi connectivity index (χ0) is 47.4. The zero-order valence-corrected chi connectivity index (χ0v) is 34.5. The van der Waals surface area contributed by atoms with Crippen LogP contribution in [0.1, 0.15) is 51.9 Å². The molecule has 0 radical (unpaired) electrons. The first-order valence-electron chi connectivity index (χ1n) is 19.8. The molecule has 0 unspecified atom stereocenters. The Bertz CT molecular complexity index is 1740. The van der Waals surface area contributed by atoms with Crippen LogP contribution < -0.4 is 54.4 Å². The number of carboxylic acid groups (broad SMARTS) is 2. The molecule has 28 heteroatoms. The van der Waals surface area contributed by atoms with Gasteiger partial charge in [0.05, 0.1) is 38.8 Å². The SMILES string of the molecule is C[C@@H](O)[C@H](NC(=O)[C@H](CC(=O)O)NC(=O)CNC(=O)[C@H](CCCN=C(N)N)NC(=O)[C@H](CO)NC(=O)CN)C(=O)NCC(=O)N1CCC[C@H]1C(=O)N1CCC[C@H]1C(=O)NCC(=O)O. The summed E-state index contributed by atoms with van der Waals surface area (Å²) in [6.07, 6.45) is -1.29. The van der Waals surface area contributed by atoms with Crippen LogP contribution in [0.5, 0.6) is 0 Å². The predicted octanol–water partition coefficient (Wildman–Crippen LogP) is -8.80. The van der Waals surface area contributed by atoms with Gasteiger partial charge in [0.2, 0.25) is 53.2 Å². The Balaban J connectivity index is 2.06. The first-order valence-corrected chi connectivity index (χ1v) is 19.8. The molecule has 2 heterocycles. The average molecular weight is 900 g/mol. The highest BCUT2D eigenvalue weighted by Gasteiger charge is 2.42. The van der Waals surface area contributed by atoms with E-state index in [4.69, 9.17) is 22.3 Å². The first-order chi connectivity index (χ1) is 29.7. The molecular weight excluding hydrogens is 842 g/mol. The van der Waals surface area contributed by atoms with E-state index in [1.54, 1.807) is 0 Å². The van der Waals surface area contributed by atoms with E-state index in [2.05, 4.69) is 42.2 Å². The number of aliphatic carboxylic acids is 2. The summed E-state index contributed by atoms with van der Waals surface area (Å²) in [4.78, 5) is 145. The van der Waals surface area contributed by atoms with Gasteiger partial charge in [0, 0.05) is 19.6 Å². The number of hydrogen-bond acceptors (Lipinski definition) is 15. The fraction of sp³-hybridized carbons (Fsp3) is 0.657. The maximum atomic E-state index is 13.5. The van der Waals surface area contributed by atoms with Crippen molar-refractivity contribution in [2.45, 2.75) is 94.2 Å². The van der Waals surface area contributed by atoms with Gasteiger partial charge in [0.1, 0.15) is 42.8 Å². The number of nitrogens with two attached hydrogens (primary N) is 3. The molecule has 0 saturated carbocycles. The van der Waals surface area contributed by atoms with Crippen molar-refractivity contribution < 1.29 is 73.2 Å². The number of aliphatic imine (C=N–C) groups is 1. The smallest absolute Gasteiger partial charge is 0.322 e. The Kier molecular flexibility index (Phi) is 21.6. The summed E-state index contributed by atoms with van der Waals surface area (Å²) in [5.41, 5.74) is 15.8. The summed E-state index contributed by atoms with van der Waals surface area (Å²) < 4.78 is 0. The number of amides is 9. The fourth-order valence-electron chi connectivity index (χ4n) is 6.54. The molecule has 2 saturated heterocycles. The standard InChI is InChI=1S/C35H57N13O15/c1-17(50)28(33(62)41-14-25(53)47-9-4-7-22(47)34(63)48-10-3-6-21(48)32(61)42-15-27(56)57)46-30(59)19(11-26(54)55)43-24(52)13-40-29(58)18(5-2-8-39-35(37)38)45-31(60)20(16-49)44-23(51)12-36/h17-22,28,49-50H,2-16,36H2,1H3,(H,40,58)(H,41,62)(H,42,61)(H,43,52)(H,44,51)(H,45,60)(H,46,59)(H,54,55)(H,56,57)(H4,37,38,39)/t17-,18+,19+,20+,21+,22+,28+/m1/s1. The summed E-state index contributed by atoms with van der Waals surface area (Å²) >= 11 is 0. The molecule has 2 fully saturated rings. The average Bonchev–Trinajstić information content (AvgIpc) is 3.93. The number of carbonyl (C=O) groups is 11. The Morgan fingerprint density at radius 2 is 1.30 bits per heavy atom. The fourth-order valence-corrected chi connectivity index (χ4v) is 6.54. The number of rotatable bonds is 25. The van der Waals surface area contributed by atoms with Crippen LogP contribution in [-0.4, -0.2) is 196 Å². The molecule has 0 aliphatic carbocycles. The lowest BCUT2D eigenvalue weighted by atomic mass is 10.1. The molecule has 2 rings (SSSR count). The zero-order valence-electron chi connectivity index (χ0n) is 34.5. The molecule has 7 atom stereocenters. The third-order valence-electron chi connectivity index (χ3n) is 9.64. The van der Waals surface area contributed by atoms with E-state index >= 15 is 0 Å². The minimum atomic E-state index is -1.88. The molecule has 0 bridgehead atoms. The summed E-state index contributed by atoms with van der Waals surface area (Å²) in [6, 6.07) is -8.50. The molecule has 17 N–H and O–H groups in total. The van der Waals surface area contributed by atoms with Gasteiger partial charge in [0.15, 0.2) is 5.96 Å². The molecule has 0 aromatic carbocycles. The van der Waals surface area contributed by atoms with E-state index in [-0.39, 0.29) is 51.3 Å². The Hall–Kier alpha value is -6.68. The number of carbonyl (C=O) groups excluding carboxylic acids is 9. The number of likely N-dealkylation sites (tertiary alicyclic amines) is 2. The molecule has 0 aromatic rings. The molecule has 2 aliphatic heterocycles. The number of nitrogens with one attached hydrogen (secondary N) is 7. The van der Waals surface area contributed by atoms with Gasteiger partial charge in [-0.05, 0) is 45.4 Å². The van der Waals surface area contributed by atoms with Crippen LogP contribution in [0.15, 0.2) is 4.99 Å². The van der Waals surface area contributed by atoms with Crippen LogP contribution in [0.25, 0.3) is 0 Å². The highest BCUT2D eigenvalue weighted by Crippen LogP contribution is 2.25. The second-order valence-corrected chi connectivity index (χ2v) is 14.4. The monoisotopic (exact) mass is 899 g/mol. The minimum absolute atomic E-state index is 0.0188. The molecular formula is C35H57N13O15. The van der Waals surface area contributed by atoms with Gasteiger partial charge in [-0.15, -0.1) is 0 Å². The van der Waals surface area contributed by atoms with Crippen molar-refractivity contribution in [2.24, 2.45) is 22.2 Å². The first kappa shape index (κ1) is 52.5. The highest BCUT2D eigenvalue weighted by molar-refractivity contribution is 5.98. The second kappa shape index (κ2) is 25.9. The van der Waals surface area contributed by atoms with E-state index in [9.17, 15) is 68.1 Å². The Morgan fingerprint density at radius 1 is 0.698 bits per heavy atom. The maximum absolute atomic E-state index is 13.5. The van der Waals surface area contributed by atoms with Crippen molar-refractivity contribution in [2.75, 3.05) is 52.4 Å². The van der Waals surface area contributed by atoms with Crippen molar-refractivity contribution in [3.63, 3.8) is 0 Å². The van der Waals surface area contributed by atoms with E-state index in [1.165, 1.54) is 9.80 Å². The van der Waals surface area contributed by atoms with E-state index < -0.39 is 147 Å². The molecule has 63 heavy (non-hydrogen) atoms. The van der Waals surface area contributed by atoms with Crippen molar-refractivity contribution in [1.82, 2.24) is 47.0 Å². The predicted molar refractivity (Wildman–Crippen MR) is 214 cm³/mol. The summed E-state index contributed by atoms with van der Waals surface area (Å²) in [6.45, 7) is -2.17. The van der Waals surface area contributed by atoms with Crippen LogP contribution >= 0.6 is 0 Å². The van der Waals surface area contributed by atoms with Gasteiger partial charge in [-0.3, -0.25) is 57.7 Å². The largest absolute Gasteiger partial charge is 0.481 e. The van der Waals surface area contributed by atoms with Gasteiger partial charge in [-0.2, -0.15) is 0 Å². The van der Waals surface area contributed by atoms with Crippen molar-refractivity contribution in [1.29, 1.82) is 0 Å². The molecule has 0 aromatic heterocycles. The summed E-state index contributed by atoms with van der Waals surface area (Å²) in [5, 5.41) is 53.7. The van der Waals surface area contributed by atoms with Gasteiger partial charge >= 0.3 is 11.9 Å². The number of hydrogen-bond donors (Lipinski definition) is 14. The number of aliphatic hydroxyl groups excluding tert-OH is 2. The lowest BCUT2D eigenvalue weighted by molar-refractivity contribution is -0.147. The van der Waals surface area contributed by atoms with Gasteiger partial charge in [-0.1, -0.05) is 0 Å². The molecule has 9 amide bonds. The van der Waals surface area contributed by atoms with Gasteiger partial charge < -0.3 is 84.6 Å². The summed E-state index contributed by atoms with van der Waals surface area (Å²) in [5.74, 6) is -11.2. The van der Waals surface area contributed by atoms with Crippen LogP contribution in [0.2, 0.25) is 0 Å². The normalized spacial score (nSPS) is 18.0. The Labute approximate surface area is 359 Å². The molecule has 352 valence electrons. The second-order valence-electron chi connectivity index (χ2n) is 14.4. The number of carboxylic acids is 2. The van der Waals surface area contributed by atoms with Crippen molar-refractivity contribution in [3.05, 3.63) is 0 Å². The third-order valence-corrected chi connectivity index (χ3v) is 9.64. The van der Waals surface area contributed by atoms with E-state index in [1.807, 2.05) is 0 Å². The third kappa shape index (κ3) is 17.3. The van der Waals surface area contributed by atoms with Crippen molar-refractivity contribution >= 4 is 71.1 Å².